The Balaban J connectivity index is 1.72. The maximum atomic E-state index is 14.6. The van der Waals surface area contributed by atoms with Gasteiger partial charge in [0, 0.05) is 66.4 Å². The number of carbonyl (C=O) groups excluding carboxylic acids is 7. The van der Waals surface area contributed by atoms with Crippen molar-refractivity contribution in [2.75, 3.05) is 41.4 Å². The highest BCUT2D eigenvalue weighted by Crippen LogP contribution is 2.30. The average Bonchev–Trinajstić information content (AvgIpc) is 3.90. The third-order valence-electron chi connectivity index (χ3n) is 13.4. The molecule has 4 unspecified atom stereocenters. The maximum Gasteiger partial charge on any atom is 0.326 e. The number of likely N-dealkylation sites (tertiary alicyclic amines) is 1. The molecule has 0 aromatic heterocycles. The summed E-state index contributed by atoms with van der Waals surface area (Å²) in [5.74, 6) is -6.36. The predicted octanol–water partition coefficient (Wildman–Crippen LogP) is 3.97. The molecule has 7 amide bonds. The molecule has 0 radical (unpaired) electrons. The molecule has 0 spiro atoms. The van der Waals surface area contributed by atoms with Crippen molar-refractivity contribution in [3.05, 3.63) is 47.8 Å². The number of methoxy groups -OCH3 is 2. The largest absolute Gasteiger partial charge is 0.480 e. The highest BCUT2D eigenvalue weighted by atomic mass is 19.1. The number of nitrogens with one attached hydrogen (secondary N) is 2. The molecule has 374 valence electrons. The molecular formula is C49H75FN6O11. The van der Waals surface area contributed by atoms with Gasteiger partial charge in [0.05, 0.1) is 36.6 Å². The fourth-order valence-electron chi connectivity index (χ4n) is 9.30. The second-order valence-corrected chi connectivity index (χ2v) is 18.7. The van der Waals surface area contributed by atoms with Crippen LogP contribution in [-0.4, -0.2) is 156 Å². The van der Waals surface area contributed by atoms with Crippen LogP contribution in [0.4, 0.5) is 4.39 Å². The third kappa shape index (κ3) is 14.9. The zero-order valence-electron chi connectivity index (χ0n) is 41.3. The minimum absolute atomic E-state index is 0.118. The van der Waals surface area contributed by atoms with E-state index < -0.39 is 77.8 Å². The van der Waals surface area contributed by atoms with Crippen molar-refractivity contribution < 1.29 is 57.3 Å². The molecule has 1 fully saturated rings. The van der Waals surface area contributed by atoms with Gasteiger partial charge in [0.25, 0.3) is 11.8 Å². The second-order valence-electron chi connectivity index (χ2n) is 18.7. The molecule has 3 rings (SSSR count). The number of nitrogens with zero attached hydrogens (tertiary/aromatic N) is 4. The molecule has 0 aliphatic carbocycles. The lowest BCUT2D eigenvalue weighted by Gasteiger charge is -2.41. The topological polar surface area (TPSA) is 212 Å². The standard InChI is InChI=1S/C49H75FN6O11/c1-12-31(6)44(54(9)48(63)42(29(2)3)52-47(62)43(30(4)5)53(8)38(57)22-14-13-17-25-56-39(58)23-24-40(56)59)37(66-10)28-41(60)55-26-18-21-36(55)45(67-11)32(7)46(61)51-35(49(64)65)27-33-19-15-16-20-34(33)50/h15-16,19-20,23-24,29-32,35-37,42-45H,12-14,17-18,21-22,25-28H2,1-11H3,(H,51,61)(H,52,62)(H,64,65)/t31-,32+,35?,36?,37+,42?,43?,44-,45+/m0/s1. The van der Waals surface area contributed by atoms with Crippen LogP contribution >= 0.6 is 0 Å². The third-order valence-corrected chi connectivity index (χ3v) is 13.4. The fraction of sp³-hybridized carbons (Fsp3) is 0.673. The van der Waals surface area contributed by atoms with Gasteiger partial charge in [-0.15, -0.1) is 0 Å². The van der Waals surface area contributed by atoms with Gasteiger partial charge in [0.2, 0.25) is 29.5 Å². The summed E-state index contributed by atoms with van der Waals surface area (Å²) in [6.07, 6.45) is 4.04. The van der Waals surface area contributed by atoms with Crippen molar-refractivity contribution >= 4 is 47.3 Å². The first-order valence-corrected chi connectivity index (χ1v) is 23.6. The highest BCUT2D eigenvalue weighted by Gasteiger charge is 2.44. The minimum atomic E-state index is -1.41. The van der Waals surface area contributed by atoms with Gasteiger partial charge in [0.1, 0.15) is 23.9 Å². The van der Waals surface area contributed by atoms with Crippen molar-refractivity contribution in [2.24, 2.45) is 23.7 Å². The number of amides is 7. The molecule has 1 aromatic carbocycles. The van der Waals surface area contributed by atoms with E-state index in [9.17, 15) is 47.9 Å². The van der Waals surface area contributed by atoms with Gasteiger partial charge in [-0.1, -0.05) is 79.5 Å². The van der Waals surface area contributed by atoms with Crippen LogP contribution < -0.4 is 10.6 Å². The van der Waals surface area contributed by atoms with E-state index in [1.165, 1.54) is 49.5 Å². The number of hydrogen-bond donors (Lipinski definition) is 3. The Labute approximate surface area is 395 Å². The van der Waals surface area contributed by atoms with Gasteiger partial charge >= 0.3 is 5.97 Å². The Morgan fingerprint density at radius 2 is 1.51 bits per heavy atom. The van der Waals surface area contributed by atoms with Gasteiger partial charge in [-0.25, -0.2) is 9.18 Å². The number of carboxylic acids is 1. The van der Waals surface area contributed by atoms with Crippen LogP contribution in [0.5, 0.6) is 0 Å². The number of unbranched alkanes of at least 4 members (excludes halogenated alkanes) is 2. The van der Waals surface area contributed by atoms with Crippen LogP contribution in [-0.2, 0) is 54.3 Å². The first-order chi connectivity index (χ1) is 31.6. The molecule has 9 atom stereocenters. The number of hydrogen-bond acceptors (Lipinski definition) is 10. The minimum Gasteiger partial charge on any atom is -0.480 e. The number of imide groups is 1. The molecule has 18 heteroatoms. The Hall–Kier alpha value is -5.23. The van der Waals surface area contributed by atoms with Gasteiger partial charge in [0.15, 0.2) is 0 Å². The first-order valence-electron chi connectivity index (χ1n) is 23.6. The summed E-state index contributed by atoms with van der Waals surface area (Å²) < 4.78 is 26.3. The lowest BCUT2D eigenvalue weighted by molar-refractivity contribution is -0.149. The van der Waals surface area contributed by atoms with Crippen LogP contribution in [0, 0.1) is 29.5 Å². The van der Waals surface area contributed by atoms with Crippen molar-refractivity contribution in [3.8, 4) is 0 Å². The van der Waals surface area contributed by atoms with E-state index in [2.05, 4.69) is 10.6 Å². The molecule has 17 nitrogen and oxygen atoms in total. The van der Waals surface area contributed by atoms with Crippen LogP contribution in [0.25, 0.3) is 0 Å². The van der Waals surface area contributed by atoms with E-state index >= 15 is 0 Å². The number of benzene rings is 1. The van der Waals surface area contributed by atoms with Crippen molar-refractivity contribution in [1.29, 1.82) is 0 Å². The Morgan fingerprint density at radius 3 is 2.06 bits per heavy atom. The number of rotatable bonds is 27. The smallest absolute Gasteiger partial charge is 0.326 e. The Bertz CT molecular complexity index is 1910. The zero-order chi connectivity index (χ0) is 50.3. The lowest BCUT2D eigenvalue weighted by Crippen LogP contribution is -2.60. The summed E-state index contributed by atoms with van der Waals surface area (Å²) in [6, 6.07) is 1.32. The maximum absolute atomic E-state index is 14.6. The van der Waals surface area contributed by atoms with E-state index in [1.54, 1.807) is 36.9 Å². The number of likely N-dealkylation sites (N-methyl/N-ethyl adjacent to an activating group) is 2. The Morgan fingerprint density at radius 1 is 0.866 bits per heavy atom. The summed E-state index contributed by atoms with van der Waals surface area (Å²) in [7, 11) is 6.11. The van der Waals surface area contributed by atoms with Gasteiger partial charge < -0.3 is 39.9 Å². The SMILES string of the molecule is CC[C@H](C)[C@@H]([C@@H](CC(=O)N1CCCC1[C@H](OC)[C@@H](C)C(=O)NC(Cc1ccccc1F)C(=O)O)OC)N(C)C(=O)C(NC(=O)C(C(C)C)N(C)C(=O)CCCCCN1C(=O)C=CC1=O)C(C)C. The summed E-state index contributed by atoms with van der Waals surface area (Å²) in [5.41, 5.74) is 0.142. The Kier molecular flexibility index (Phi) is 22.1. The van der Waals surface area contributed by atoms with Crippen molar-refractivity contribution in [2.45, 2.75) is 149 Å². The molecule has 2 heterocycles. The molecule has 1 aromatic rings. The van der Waals surface area contributed by atoms with Crippen LogP contribution in [0.1, 0.15) is 105 Å². The molecule has 2 aliphatic rings. The predicted molar refractivity (Wildman–Crippen MR) is 248 cm³/mol. The van der Waals surface area contributed by atoms with Crippen LogP contribution in [0.15, 0.2) is 36.4 Å². The highest BCUT2D eigenvalue weighted by molar-refractivity contribution is 6.12. The van der Waals surface area contributed by atoms with E-state index in [-0.39, 0.29) is 72.8 Å². The molecule has 1 saturated heterocycles. The molecule has 0 bridgehead atoms. The van der Waals surface area contributed by atoms with Crippen molar-refractivity contribution in [3.63, 3.8) is 0 Å². The van der Waals surface area contributed by atoms with Gasteiger partial charge in [-0.3, -0.25) is 38.5 Å². The number of halogens is 1. The lowest BCUT2D eigenvalue weighted by atomic mass is 9.89. The summed E-state index contributed by atoms with van der Waals surface area (Å²) in [4.78, 5) is 111. The normalized spacial score (nSPS) is 18.6. The van der Waals surface area contributed by atoms with Crippen LogP contribution in [0.2, 0.25) is 0 Å². The van der Waals surface area contributed by atoms with E-state index in [0.717, 1.165) is 4.90 Å². The van der Waals surface area contributed by atoms with Gasteiger partial charge in [-0.05, 0) is 55.1 Å². The van der Waals surface area contributed by atoms with E-state index in [1.807, 2.05) is 41.5 Å². The number of ether oxygens (including phenoxy) is 2. The fourth-order valence-corrected chi connectivity index (χ4v) is 9.30. The molecule has 67 heavy (non-hydrogen) atoms. The summed E-state index contributed by atoms with van der Waals surface area (Å²) in [6.45, 7) is 13.4. The van der Waals surface area contributed by atoms with Crippen molar-refractivity contribution in [1.82, 2.24) is 30.2 Å². The number of aliphatic carboxylic acids is 1. The van der Waals surface area contributed by atoms with E-state index in [4.69, 9.17) is 9.47 Å². The number of carbonyl (C=O) groups is 8. The quantitative estimate of drug-likeness (QED) is 0.0849. The zero-order valence-corrected chi connectivity index (χ0v) is 41.3. The monoisotopic (exact) mass is 943 g/mol. The first kappa shape index (κ1) is 56.1. The summed E-state index contributed by atoms with van der Waals surface area (Å²) >= 11 is 0. The molecule has 0 saturated carbocycles. The number of carboxylic acid groups (broad SMARTS) is 1. The molecular weight excluding hydrogens is 868 g/mol. The summed E-state index contributed by atoms with van der Waals surface area (Å²) in [5, 5.41) is 15.4. The molecule has 2 aliphatic heterocycles. The molecule has 3 N–H and O–H groups in total. The van der Waals surface area contributed by atoms with Gasteiger partial charge in [-0.2, -0.15) is 0 Å². The second kappa shape index (κ2) is 26.3. The van der Waals surface area contributed by atoms with Crippen LogP contribution in [0.3, 0.4) is 0 Å². The average molecular weight is 943 g/mol. The van der Waals surface area contributed by atoms with E-state index in [0.29, 0.717) is 45.1 Å².